The second-order valence-electron chi connectivity index (χ2n) is 8.75. The van der Waals surface area contributed by atoms with Gasteiger partial charge in [-0.25, -0.2) is 9.38 Å². The van der Waals surface area contributed by atoms with E-state index in [1.54, 1.807) is 48.5 Å². The fraction of sp³-hybridized carbons (Fsp3) is 0.286. The lowest BCUT2D eigenvalue weighted by Gasteiger charge is -2.31. The summed E-state index contributed by atoms with van der Waals surface area (Å²) in [5.74, 6) is 0.327. The lowest BCUT2D eigenvalue weighted by atomic mass is 9.81. The number of azide groups is 1. The Labute approximate surface area is 233 Å². The number of aliphatic imine (C=N–C) groups is 1. The number of ether oxygens (including phenoxy) is 2. The van der Waals surface area contributed by atoms with Gasteiger partial charge in [0.15, 0.2) is 11.6 Å². The van der Waals surface area contributed by atoms with E-state index in [1.807, 2.05) is 24.3 Å². The van der Waals surface area contributed by atoms with Crippen LogP contribution in [0, 0.1) is 0 Å². The second-order valence-corrected chi connectivity index (χ2v) is 9.60. The molecule has 0 bridgehead atoms. The van der Waals surface area contributed by atoms with Crippen molar-refractivity contribution in [1.29, 1.82) is 0 Å². The number of hydrogen-bond donors (Lipinski definition) is 2. The van der Waals surface area contributed by atoms with E-state index in [0.717, 1.165) is 0 Å². The monoisotopic (exact) mass is 595 g/mol. The lowest BCUT2D eigenvalue weighted by molar-refractivity contribution is -0.129. The lowest BCUT2D eigenvalue weighted by Crippen LogP contribution is -2.50. The second kappa shape index (κ2) is 13.2. The summed E-state index contributed by atoms with van der Waals surface area (Å²) in [5, 5.41) is 15.4. The van der Waals surface area contributed by atoms with E-state index >= 15 is 0 Å². The normalized spacial score (nSPS) is 18.0. The van der Waals surface area contributed by atoms with Crippen LogP contribution in [0.15, 0.2) is 87.4 Å². The van der Waals surface area contributed by atoms with Crippen molar-refractivity contribution in [2.45, 2.75) is 24.5 Å². The van der Waals surface area contributed by atoms with Gasteiger partial charge in [-0.1, -0.05) is 63.5 Å². The van der Waals surface area contributed by atoms with Crippen molar-refractivity contribution < 1.29 is 23.8 Å². The Morgan fingerprint density at radius 3 is 2.64 bits per heavy atom. The number of aliphatic hydroxyl groups excluding tert-OH is 1. The molecule has 39 heavy (non-hydrogen) atoms. The molecule has 0 fully saturated rings. The van der Waals surface area contributed by atoms with E-state index in [4.69, 9.17) is 25.1 Å². The number of aliphatic hydroxyl groups is 1. The van der Waals surface area contributed by atoms with Gasteiger partial charge in [-0.15, -0.1) is 0 Å². The Morgan fingerprint density at radius 1 is 1.18 bits per heavy atom. The fourth-order valence-corrected chi connectivity index (χ4v) is 4.85. The molecule has 9 nitrogen and oxygen atoms in total. The van der Waals surface area contributed by atoms with Gasteiger partial charge in [0.1, 0.15) is 12.4 Å². The van der Waals surface area contributed by atoms with Crippen LogP contribution < -0.4 is 10.1 Å². The molecule has 202 valence electrons. The smallest absolute Gasteiger partial charge is 0.252 e. The largest absolute Gasteiger partial charge is 0.494 e. The van der Waals surface area contributed by atoms with Crippen molar-refractivity contribution >= 4 is 33.4 Å². The number of halogens is 2. The molecular weight excluding hydrogens is 569 g/mol. The van der Waals surface area contributed by atoms with E-state index in [0.29, 0.717) is 45.6 Å². The standard InChI is InChI=1S/C28H27BrFN5O4/c29-23-8-3-2-7-22(23)25-28(27(37)32-15-14-30,18-20-6-1-4-9-24(20)34-35-31)33-26(39-25)19-10-12-21(13-11-19)38-17-5-16-36/h1-4,6-13,25,36H,5,14-18H2,(H,32,37)/t25-,28-/m1/s1. The zero-order valence-corrected chi connectivity index (χ0v) is 22.6. The van der Waals surface area contributed by atoms with E-state index < -0.39 is 24.2 Å². The summed E-state index contributed by atoms with van der Waals surface area (Å²) in [6.45, 7) is -0.521. The maximum Gasteiger partial charge on any atom is 0.252 e. The third-order valence-electron chi connectivity index (χ3n) is 6.20. The zero-order valence-electron chi connectivity index (χ0n) is 21.0. The SMILES string of the molecule is [N-]=[N+]=Nc1ccccc1C[C@@]1(C(=O)NCCF)N=C(c2ccc(OCCCO)cc2)O[C@@H]1c1ccccc1Br. The van der Waals surface area contributed by atoms with Crippen LogP contribution in [0.2, 0.25) is 0 Å². The summed E-state index contributed by atoms with van der Waals surface area (Å²) in [7, 11) is 0. The van der Waals surface area contributed by atoms with Crippen molar-refractivity contribution in [1.82, 2.24) is 5.32 Å². The number of nitrogens with one attached hydrogen (secondary N) is 1. The predicted molar refractivity (Wildman–Crippen MR) is 149 cm³/mol. The molecule has 2 N–H and O–H groups in total. The van der Waals surface area contributed by atoms with E-state index in [9.17, 15) is 9.18 Å². The quantitative estimate of drug-likeness (QED) is 0.120. The minimum Gasteiger partial charge on any atom is -0.494 e. The highest BCUT2D eigenvalue weighted by Gasteiger charge is 2.54. The number of alkyl halides is 1. The molecular formula is C28H27BrFN5O4. The highest BCUT2D eigenvalue weighted by molar-refractivity contribution is 9.10. The molecule has 0 radical (unpaired) electrons. The summed E-state index contributed by atoms with van der Waals surface area (Å²) in [6, 6.07) is 21.3. The first kappa shape index (κ1) is 28.1. The van der Waals surface area contributed by atoms with Crippen LogP contribution in [0.1, 0.15) is 29.2 Å². The van der Waals surface area contributed by atoms with Crippen molar-refractivity contribution in [3.63, 3.8) is 0 Å². The first-order chi connectivity index (χ1) is 19.0. The summed E-state index contributed by atoms with van der Waals surface area (Å²) < 4.78 is 25.9. The van der Waals surface area contributed by atoms with Gasteiger partial charge in [-0.05, 0) is 41.4 Å². The van der Waals surface area contributed by atoms with Crippen molar-refractivity contribution in [2.75, 3.05) is 26.4 Å². The Balaban J connectivity index is 1.83. The molecule has 3 aromatic rings. The van der Waals surface area contributed by atoms with Gasteiger partial charge in [-0.3, -0.25) is 4.79 Å². The summed E-state index contributed by atoms with van der Waals surface area (Å²) in [6.07, 6.45) is -0.348. The summed E-state index contributed by atoms with van der Waals surface area (Å²) in [4.78, 5) is 21.6. The van der Waals surface area contributed by atoms with Gasteiger partial charge < -0.3 is 19.9 Å². The Bertz CT molecular complexity index is 1380. The van der Waals surface area contributed by atoms with Crippen LogP contribution in [0.5, 0.6) is 5.75 Å². The number of hydrogen-bond acceptors (Lipinski definition) is 6. The molecule has 3 aromatic carbocycles. The molecule has 0 spiro atoms. The van der Waals surface area contributed by atoms with E-state index in [-0.39, 0.29) is 25.5 Å². The van der Waals surface area contributed by atoms with Crippen LogP contribution >= 0.6 is 15.9 Å². The molecule has 2 atom stereocenters. The molecule has 0 saturated carbocycles. The first-order valence-electron chi connectivity index (χ1n) is 12.3. The Hall–Kier alpha value is -3.92. The molecule has 1 amide bonds. The molecule has 0 aliphatic carbocycles. The molecule has 4 rings (SSSR count). The number of carbonyl (C=O) groups is 1. The third kappa shape index (κ3) is 6.39. The van der Waals surface area contributed by atoms with Gasteiger partial charge in [-0.2, -0.15) is 0 Å². The Kier molecular flexibility index (Phi) is 9.54. The van der Waals surface area contributed by atoms with Crippen LogP contribution in [-0.2, 0) is 16.0 Å². The minimum atomic E-state index is -1.55. The number of benzene rings is 3. The van der Waals surface area contributed by atoms with Crippen LogP contribution in [0.25, 0.3) is 10.4 Å². The number of rotatable bonds is 12. The average molecular weight is 596 g/mol. The van der Waals surface area contributed by atoms with Crippen molar-refractivity contribution in [2.24, 2.45) is 10.1 Å². The minimum absolute atomic E-state index is 0.0260. The molecule has 1 heterocycles. The van der Waals surface area contributed by atoms with Crippen LogP contribution in [-0.4, -0.2) is 48.9 Å². The average Bonchev–Trinajstić information content (AvgIpc) is 3.34. The van der Waals surface area contributed by atoms with Crippen LogP contribution in [0.3, 0.4) is 0 Å². The Morgan fingerprint density at radius 2 is 1.92 bits per heavy atom. The highest BCUT2D eigenvalue weighted by atomic mass is 79.9. The summed E-state index contributed by atoms with van der Waals surface area (Å²) >= 11 is 3.58. The number of nitrogens with zero attached hydrogens (tertiary/aromatic N) is 4. The first-order valence-corrected chi connectivity index (χ1v) is 13.1. The topological polar surface area (TPSA) is 129 Å². The zero-order chi connectivity index (χ0) is 27.7. The molecule has 1 aliphatic heterocycles. The molecule has 0 unspecified atom stereocenters. The van der Waals surface area contributed by atoms with Crippen LogP contribution in [0.4, 0.5) is 10.1 Å². The maximum atomic E-state index is 13.8. The molecule has 11 heteroatoms. The maximum absolute atomic E-state index is 13.8. The molecule has 0 saturated heterocycles. The van der Waals surface area contributed by atoms with Gasteiger partial charge >= 0.3 is 0 Å². The number of amides is 1. The van der Waals surface area contributed by atoms with Gasteiger partial charge in [0.25, 0.3) is 5.91 Å². The van der Waals surface area contributed by atoms with Crippen molar-refractivity contribution in [3.8, 4) is 5.75 Å². The van der Waals surface area contributed by atoms with Gasteiger partial charge in [0.05, 0.1) is 6.61 Å². The third-order valence-corrected chi connectivity index (χ3v) is 6.92. The predicted octanol–water partition coefficient (Wildman–Crippen LogP) is 5.74. The molecule has 1 aliphatic rings. The van der Waals surface area contributed by atoms with Crippen molar-refractivity contribution in [3.05, 3.63) is 104 Å². The van der Waals surface area contributed by atoms with E-state index in [2.05, 4.69) is 31.3 Å². The number of carbonyl (C=O) groups excluding carboxylic acids is 1. The van der Waals surface area contributed by atoms with Gasteiger partial charge in [0, 0.05) is 52.2 Å². The highest BCUT2D eigenvalue weighted by Crippen LogP contribution is 2.45. The van der Waals surface area contributed by atoms with Gasteiger partial charge in [0.2, 0.25) is 5.90 Å². The van der Waals surface area contributed by atoms with E-state index in [1.165, 1.54) is 0 Å². The fourth-order valence-electron chi connectivity index (χ4n) is 4.36. The summed E-state index contributed by atoms with van der Waals surface area (Å²) in [5.41, 5.74) is 9.79. The molecule has 0 aromatic heterocycles.